The van der Waals surface area contributed by atoms with Gasteiger partial charge in [0.15, 0.2) is 0 Å². The number of carbonyl (C=O) groups is 1. The Labute approximate surface area is 126 Å². The number of nitrogens with zero attached hydrogens (tertiary/aromatic N) is 4. The van der Waals surface area contributed by atoms with Gasteiger partial charge >= 0.3 is 5.69 Å². The predicted octanol–water partition coefficient (Wildman–Crippen LogP) is 2.00. The molecule has 112 valence electrons. The zero-order valence-electron chi connectivity index (χ0n) is 11.8. The molecule has 1 amide bonds. The van der Waals surface area contributed by atoms with E-state index in [1.807, 2.05) is 6.07 Å². The van der Waals surface area contributed by atoms with E-state index in [0.29, 0.717) is 16.9 Å². The predicted molar refractivity (Wildman–Crippen MR) is 78.0 cm³/mol. The molecule has 0 atom stereocenters. The minimum Gasteiger partial charge on any atom is -0.325 e. The van der Waals surface area contributed by atoms with Crippen LogP contribution < -0.4 is 5.32 Å². The summed E-state index contributed by atoms with van der Waals surface area (Å²) in [6.45, 7) is 1.80. The first-order valence-electron chi connectivity index (χ1n) is 6.48. The largest absolute Gasteiger partial charge is 0.325 e. The van der Waals surface area contributed by atoms with Crippen molar-refractivity contribution in [2.45, 2.75) is 19.9 Å². The number of aryl methyl sites for hydroxylation is 1. The SMILES string of the molecule is Cc1c([N+](=O)[O-])cnn1CCC(=O)Nc1ccccc1C#N. The van der Waals surface area contributed by atoms with Crippen LogP contribution in [0.1, 0.15) is 17.7 Å². The molecule has 0 saturated carbocycles. The van der Waals surface area contributed by atoms with Gasteiger partial charge in [-0.15, -0.1) is 0 Å². The number of hydrogen-bond donors (Lipinski definition) is 1. The number of nitrogens with one attached hydrogen (secondary N) is 1. The number of anilines is 1. The first-order valence-corrected chi connectivity index (χ1v) is 6.48. The Kier molecular flexibility index (Phi) is 4.48. The fraction of sp³-hybridized carbons (Fsp3) is 0.214. The van der Waals surface area contributed by atoms with Crippen LogP contribution in [0.4, 0.5) is 11.4 Å². The second kappa shape index (κ2) is 6.49. The number of nitriles is 1. The Balaban J connectivity index is 1.99. The molecule has 1 N–H and O–H groups in total. The number of hydrogen-bond acceptors (Lipinski definition) is 5. The molecule has 1 heterocycles. The molecule has 2 aromatic rings. The average molecular weight is 299 g/mol. The van der Waals surface area contributed by atoms with Crippen molar-refractivity contribution in [1.82, 2.24) is 9.78 Å². The molecule has 0 radical (unpaired) electrons. The van der Waals surface area contributed by atoms with Crippen molar-refractivity contribution in [3.8, 4) is 6.07 Å². The third-order valence-corrected chi connectivity index (χ3v) is 3.15. The molecule has 0 fully saturated rings. The normalized spacial score (nSPS) is 10.0. The van der Waals surface area contributed by atoms with Gasteiger partial charge in [-0.05, 0) is 19.1 Å². The smallest absolute Gasteiger partial charge is 0.309 e. The average Bonchev–Trinajstić information content (AvgIpc) is 2.87. The Morgan fingerprint density at radius 3 is 2.86 bits per heavy atom. The lowest BCUT2D eigenvalue weighted by Crippen LogP contribution is -2.16. The summed E-state index contributed by atoms with van der Waals surface area (Å²) in [6, 6.07) is 8.67. The lowest BCUT2D eigenvalue weighted by atomic mass is 10.2. The minimum atomic E-state index is -0.512. The van der Waals surface area contributed by atoms with Gasteiger partial charge in [0.05, 0.1) is 22.7 Å². The van der Waals surface area contributed by atoms with Crippen molar-refractivity contribution in [2.24, 2.45) is 0 Å². The van der Waals surface area contributed by atoms with Gasteiger partial charge < -0.3 is 5.32 Å². The molecular formula is C14H13N5O3. The van der Waals surface area contributed by atoms with Crippen LogP contribution in [0, 0.1) is 28.4 Å². The Bertz CT molecular complexity index is 760. The summed E-state index contributed by atoms with van der Waals surface area (Å²) in [6.07, 6.45) is 1.26. The molecular weight excluding hydrogens is 286 g/mol. The van der Waals surface area contributed by atoms with Crippen LogP contribution in [0.15, 0.2) is 30.5 Å². The number of benzene rings is 1. The Hall–Kier alpha value is -3.21. The Morgan fingerprint density at radius 2 is 2.23 bits per heavy atom. The summed E-state index contributed by atoms with van der Waals surface area (Å²) < 4.78 is 1.41. The van der Waals surface area contributed by atoms with Gasteiger partial charge in [-0.25, -0.2) is 0 Å². The van der Waals surface area contributed by atoms with Crippen molar-refractivity contribution in [3.05, 3.63) is 51.8 Å². The Morgan fingerprint density at radius 1 is 1.50 bits per heavy atom. The second-order valence-corrected chi connectivity index (χ2v) is 4.55. The summed E-state index contributed by atoms with van der Waals surface area (Å²) in [5.74, 6) is -0.291. The third kappa shape index (κ3) is 3.27. The van der Waals surface area contributed by atoms with E-state index in [4.69, 9.17) is 5.26 Å². The van der Waals surface area contributed by atoms with Gasteiger partial charge in [0.2, 0.25) is 5.91 Å². The highest BCUT2D eigenvalue weighted by Crippen LogP contribution is 2.17. The van der Waals surface area contributed by atoms with Gasteiger partial charge in [-0.3, -0.25) is 19.6 Å². The van der Waals surface area contributed by atoms with Crippen LogP contribution in [0.25, 0.3) is 0 Å². The zero-order valence-corrected chi connectivity index (χ0v) is 11.8. The maximum atomic E-state index is 11.9. The molecule has 1 aromatic carbocycles. The van der Waals surface area contributed by atoms with Crippen LogP contribution in [-0.4, -0.2) is 20.6 Å². The molecule has 0 unspecified atom stereocenters. The van der Waals surface area contributed by atoms with Gasteiger partial charge in [0, 0.05) is 6.42 Å². The van der Waals surface area contributed by atoms with Crippen LogP contribution >= 0.6 is 0 Å². The number of amides is 1. The van der Waals surface area contributed by atoms with Crippen molar-refractivity contribution in [1.29, 1.82) is 5.26 Å². The number of aromatic nitrogens is 2. The summed E-state index contributed by atoms with van der Waals surface area (Å²) in [7, 11) is 0. The summed E-state index contributed by atoms with van der Waals surface area (Å²) in [5, 5.41) is 26.2. The highest BCUT2D eigenvalue weighted by atomic mass is 16.6. The van der Waals surface area contributed by atoms with Gasteiger partial charge in [-0.2, -0.15) is 10.4 Å². The van der Waals surface area contributed by atoms with Crippen molar-refractivity contribution in [2.75, 3.05) is 5.32 Å². The lowest BCUT2D eigenvalue weighted by Gasteiger charge is -2.07. The van der Waals surface area contributed by atoms with Crippen LogP contribution in [0.5, 0.6) is 0 Å². The fourth-order valence-corrected chi connectivity index (χ4v) is 1.95. The molecule has 8 nitrogen and oxygen atoms in total. The third-order valence-electron chi connectivity index (χ3n) is 3.15. The van der Waals surface area contributed by atoms with Crippen molar-refractivity contribution < 1.29 is 9.72 Å². The highest BCUT2D eigenvalue weighted by Gasteiger charge is 2.16. The van der Waals surface area contributed by atoms with E-state index in [-0.39, 0.29) is 24.6 Å². The van der Waals surface area contributed by atoms with E-state index in [1.165, 1.54) is 4.68 Å². The molecule has 2 rings (SSSR count). The fourth-order valence-electron chi connectivity index (χ4n) is 1.95. The zero-order chi connectivity index (χ0) is 16.1. The number of rotatable bonds is 5. The molecule has 22 heavy (non-hydrogen) atoms. The monoisotopic (exact) mass is 299 g/mol. The van der Waals surface area contributed by atoms with Crippen LogP contribution in [0.2, 0.25) is 0 Å². The van der Waals surface area contributed by atoms with E-state index in [0.717, 1.165) is 6.20 Å². The highest BCUT2D eigenvalue weighted by molar-refractivity contribution is 5.92. The van der Waals surface area contributed by atoms with Crippen LogP contribution in [-0.2, 0) is 11.3 Å². The summed E-state index contributed by atoms with van der Waals surface area (Å²) >= 11 is 0. The number of carbonyl (C=O) groups excluding carboxylic acids is 1. The molecule has 8 heteroatoms. The molecule has 0 spiro atoms. The van der Waals surface area contributed by atoms with Crippen molar-refractivity contribution in [3.63, 3.8) is 0 Å². The van der Waals surface area contributed by atoms with Gasteiger partial charge in [-0.1, -0.05) is 12.1 Å². The number of para-hydroxylation sites is 1. The van der Waals surface area contributed by atoms with E-state index >= 15 is 0 Å². The second-order valence-electron chi connectivity index (χ2n) is 4.55. The minimum absolute atomic E-state index is 0.0739. The first-order chi connectivity index (χ1) is 10.5. The van der Waals surface area contributed by atoms with Crippen LogP contribution in [0.3, 0.4) is 0 Å². The number of nitro groups is 1. The van der Waals surface area contributed by atoms with E-state index in [9.17, 15) is 14.9 Å². The first kappa shape index (κ1) is 15.2. The van der Waals surface area contributed by atoms with Crippen molar-refractivity contribution >= 4 is 17.3 Å². The topological polar surface area (TPSA) is 114 Å². The molecule has 1 aromatic heterocycles. The molecule has 0 bridgehead atoms. The standard InChI is InChI=1S/C14H13N5O3/c1-10-13(19(21)22)9-16-18(10)7-6-14(20)17-12-5-3-2-4-11(12)8-15/h2-5,9H,6-7H2,1H3,(H,17,20). The molecule has 0 aliphatic heterocycles. The quantitative estimate of drug-likeness (QED) is 0.670. The maximum absolute atomic E-state index is 11.9. The summed E-state index contributed by atoms with van der Waals surface area (Å²) in [4.78, 5) is 22.1. The van der Waals surface area contributed by atoms with Gasteiger partial charge in [0.1, 0.15) is 18.0 Å². The lowest BCUT2D eigenvalue weighted by molar-refractivity contribution is -0.385. The molecule has 0 saturated heterocycles. The molecule has 0 aliphatic carbocycles. The molecule has 0 aliphatic rings. The van der Waals surface area contributed by atoms with E-state index in [2.05, 4.69) is 10.4 Å². The summed E-state index contributed by atoms with van der Waals surface area (Å²) in [5.41, 5.74) is 1.14. The van der Waals surface area contributed by atoms with Gasteiger partial charge in [0.25, 0.3) is 0 Å². The van der Waals surface area contributed by atoms with E-state index < -0.39 is 4.92 Å². The van der Waals surface area contributed by atoms with E-state index in [1.54, 1.807) is 31.2 Å². The maximum Gasteiger partial charge on any atom is 0.309 e.